The molecule has 0 unspecified atom stereocenters. The fraction of sp³-hybridized carbons (Fsp3) is 0.0714. The van der Waals surface area contributed by atoms with Crippen LogP contribution in [0, 0.1) is 0 Å². The molecule has 110 valence electrons. The topological polar surface area (TPSA) is 109 Å². The van der Waals surface area contributed by atoms with E-state index in [0.29, 0.717) is 12.0 Å². The van der Waals surface area contributed by atoms with Crippen molar-refractivity contribution < 1.29 is 18.4 Å². The van der Waals surface area contributed by atoms with Crippen molar-refractivity contribution in [1.82, 2.24) is 5.48 Å². The van der Waals surface area contributed by atoms with Gasteiger partial charge in [0, 0.05) is 5.56 Å². The van der Waals surface area contributed by atoms with Crippen molar-refractivity contribution in [2.24, 2.45) is 5.14 Å². The van der Waals surface area contributed by atoms with Gasteiger partial charge in [-0.3, -0.25) is 10.0 Å². The Balaban J connectivity index is 2.13. The zero-order valence-corrected chi connectivity index (χ0v) is 11.8. The molecule has 2 rings (SSSR count). The minimum Gasteiger partial charge on any atom is -0.288 e. The van der Waals surface area contributed by atoms with E-state index >= 15 is 0 Å². The Morgan fingerprint density at radius 2 is 1.48 bits per heavy atom. The standard InChI is InChI=1S/C14H14N2O4S/c15-21(19,20)13-7-3-11(4-8-13)9-10-1-5-12(6-2-10)14(17)16-18/h1-8,18H,9H2,(H,16,17)(H2,15,19,20). The Kier molecular flexibility index (Phi) is 4.37. The zero-order chi connectivity index (χ0) is 15.5. The van der Waals surface area contributed by atoms with Crippen LogP contribution in [0.4, 0.5) is 0 Å². The van der Waals surface area contributed by atoms with E-state index in [4.69, 9.17) is 10.3 Å². The van der Waals surface area contributed by atoms with Crippen LogP contribution in [0.25, 0.3) is 0 Å². The first-order valence-corrected chi connectivity index (χ1v) is 7.60. The molecular weight excluding hydrogens is 292 g/mol. The fourth-order valence-corrected chi connectivity index (χ4v) is 2.39. The van der Waals surface area contributed by atoms with E-state index in [-0.39, 0.29) is 4.90 Å². The third-order valence-electron chi connectivity index (χ3n) is 2.98. The first-order valence-electron chi connectivity index (χ1n) is 6.05. The van der Waals surface area contributed by atoms with E-state index in [1.807, 2.05) is 0 Å². The van der Waals surface area contributed by atoms with Gasteiger partial charge < -0.3 is 0 Å². The highest BCUT2D eigenvalue weighted by Crippen LogP contribution is 2.14. The van der Waals surface area contributed by atoms with Crippen molar-refractivity contribution in [1.29, 1.82) is 0 Å². The minimum atomic E-state index is -3.68. The maximum Gasteiger partial charge on any atom is 0.274 e. The van der Waals surface area contributed by atoms with E-state index in [2.05, 4.69) is 0 Å². The summed E-state index contributed by atoms with van der Waals surface area (Å²) in [7, 11) is -3.68. The van der Waals surface area contributed by atoms with Crippen molar-refractivity contribution in [2.75, 3.05) is 0 Å². The molecular formula is C14H14N2O4S. The molecule has 0 spiro atoms. The molecule has 0 saturated carbocycles. The second-order valence-corrected chi connectivity index (χ2v) is 6.07. The van der Waals surface area contributed by atoms with Crippen LogP contribution in [0.1, 0.15) is 21.5 Å². The van der Waals surface area contributed by atoms with Gasteiger partial charge in [0.2, 0.25) is 10.0 Å². The number of hydrogen-bond donors (Lipinski definition) is 3. The first kappa shape index (κ1) is 15.2. The number of amides is 1. The number of nitrogens with two attached hydrogens (primary N) is 1. The zero-order valence-electron chi connectivity index (χ0n) is 11.0. The average Bonchev–Trinajstić information content (AvgIpc) is 2.47. The summed E-state index contributed by atoms with van der Waals surface area (Å²) in [6, 6.07) is 13.0. The van der Waals surface area contributed by atoms with E-state index in [1.54, 1.807) is 41.9 Å². The highest BCUT2D eigenvalue weighted by atomic mass is 32.2. The maximum atomic E-state index is 11.2. The predicted molar refractivity (Wildman–Crippen MR) is 76.3 cm³/mol. The number of rotatable bonds is 4. The molecule has 0 aromatic heterocycles. The minimum absolute atomic E-state index is 0.0706. The Labute approximate surface area is 122 Å². The first-order chi connectivity index (χ1) is 9.90. The molecule has 1 amide bonds. The summed E-state index contributed by atoms with van der Waals surface area (Å²) in [5.41, 5.74) is 3.79. The molecule has 0 aliphatic rings. The lowest BCUT2D eigenvalue weighted by Crippen LogP contribution is -2.18. The average molecular weight is 306 g/mol. The monoisotopic (exact) mass is 306 g/mol. The SMILES string of the molecule is NS(=O)(=O)c1ccc(Cc2ccc(C(=O)NO)cc2)cc1. The molecule has 2 aromatic carbocycles. The van der Waals surface area contributed by atoms with Crippen molar-refractivity contribution in [3.05, 3.63) is 65.2 Å². The summed E-state index contributed by atoms with van der Waals surface area (Å²) in [4.78, 5) is 11.3. The summed E-state index contributed by atoms with van der Waals surface area (Å²) < 4.78 is 22.3. The number of hydroxylamine groups is 1. The molecule has 7 heteroatoms. The van der Waals surface area contributed by atoms with Crippen LogP contribution in [0.3, 0.4) is 0 Å². The van der Waals surface area contributed by atoms with Crippen molar-refractivity contribution in [3.63, 3.8) is 0 Å². The second-order valence-electron chi connectivity index (χ2n) is 4.50. The van der Waals surface area contributed by atoms with Gasteiger partial charge in [-0.1, -0.05) is 24.3 Å². The van der Waals surface area contributed by atoms with Crippen LogP contribution in [-0.2, 0) is 16.4 Å². The lowest BCUT2D eigenvalue weighted by atomic mass is 10.0. The molecule has 6 nitrogen and oxygen atoms in total. The fourth-order valence-electron chi connectivity index (χ4n) is 1.87. The number of benzene rings is 2. The van der Waals surface area contributed by atoms with Crippen LogP contribution < -0.4 is 10.6 Å². The number of carbonyl (C=O) groups is 1. The van der Waals surface area contributed by atoms with Gasteiger partial charge in [0.15, 0.2) is 0 Å². The largest absolute Gasteiger partial charge is 0.288 e. The number of sulfonamides is 1. The lowest BCUT2D eigenvalue weighted by Gasteiger charge is -2.05. The number of carbonyl (C=O) groups excluding carboxylic acids is 1. The van der Waals surface area contributed by atoms with Gasteiger partial charge in [-0.25, -0.2) is 19.0 Å². The molecule has 0 atom stereocenters. The molecule has 0 bridgehead atoms. The quantitative estimate of drug-likeness (QED) is 0.579. The Bertz CT molecular complexity index is 738. The van der Waals surface area contributed by atoms with Gasteiger partial charge in [-0.15, -0.1) is 0 Å². The van der Waals surface area contributed by atoms with Gasteiger partial charge in [0.05, 0.1) is 4.90 Å². The normalized spacial score (nSPS) is 11.1. The highest BCUT2D eigenvalue weighted by molar-refractivity contribution is 7.89. The highest BCUT2D eigenvalue weighted by Gasteiger charge is 2.07. The number of hydrogen-bond acceptors (Lipinski definition) is 4. The maximum absolute atomic E-state index is 11.2. The van der Waals surface area contributed by atoms with E-state index in [0.717, 1.165) is 11.1 Å². The van der Waals surface area contributed by atoms with Crippen LogP contribution in [0.5, 0.6) is 0 Å². The molecule has 0 saturated heterocycles. The summed E-state index contributed by atoms with van der Waals surface area (Å²) in [5, 5.41) is 13.6. The van der Waals surface area contributed by atoms with Crippen LogP contribution in [-0.4, -0.2) is 19.5 Å². The third-order valence-corrected chi connectivity index (χ3v) is 3.91. The van der Waals surface area contributed by atoms with Crippen molar-refractivity contribution in [2.45, 2.75) is 11.3 Å². The van der Waals surface area contributed by atoms with Crippen LogP contribution in [0.15, 0.2) is 53.4 Å². The summed E-state index contributed by atoms with van der Waals surface area (Å²) in [6.07, 6.45) is 0.589. The van der Waals surface area contributed by atoms with Gasteiger partial charge in [-0.05, 0) is 41.8 Å². The third kappa shape index (κ3) is 3.88. The number of nitrogens with one attached hydrogen (secondary N) is 1. The molecule has 2 aromatic rings. The number of primary sulfonamides is 1. The molecule has 0 aliphatic heterocycles. The molecule has 21 heavy (non-hydrogen) atoms. The molecule has 0 fully saturated rings. The molecule has 0 heterocycles. The van der Waals surface area contributed by atoms with E-state index < -0.39 is 15.9 Å². The predicted octanol–water partition coefficient (Wildman–Crippen LogP) is 1.04. The van der Waals surface area contributed by atoms with E-state index in [9.17, 15) is 13.2 Å². The van der Waals surface area contributed by atoms with E-state index in [1.165, 1.54) is 12.1 Å². The van der Waals surface area contributed by atoms with Gasteiger partial charge in [-0.2, -0.15) is 0 Å². The van der Waals surface area contributed by atoms with Gasteiger partial charge >= 0.3 is 0 Å². The summed E-state index contributed by atoms with van der Waals surface area (Å²) in [6.45, 7) is 0. The van der Waals surface area contributed by atoms with Crippen molar-refractivity contribution >= 4 is 15.9 Å². The van der Waals surface area contributed by atoms with Gasteiger partial charge in [0.25, 0.3) is 5.91 Å². The second kappa shape index (κ2) is 6.04. The van der Waals surface area contributed by atoms with Crippen LogP contribution in [0.2, 0.25) is 0 Å². The molecule has 4 N–H and O–H groups in total. The van der Waals surface area contributed by atoms with Crippen molar-refractivity contribution in [3.8, 4) is 0 Å². The Morgan fingerprint density at radius 3 is 1.90 bits per heavy atom. The van der Waals surface area contributed by atoms with Gasteiger partial charge in [0.1, 0.15) is 0 Å². The lowest BCUT2D eigenvalue weighted by molar-refractivity contribution is 0.0706. The smallest absolute Gasteiger partial charge is 0.274 e. The van der Waals surface area contributed by atoms with Crippen LogP contribution >= 0.6 is 0 Å². The summed E-state index contributed by atoms with van der Waals surface area (Å²) in [5.74, 6) is -0.570. The molecule has 0 aliphatic carbocycles. The Hall–Kier alpha value is -2.22. The Morgan fingerprint density at radius 1 is 1.00 bits per heavy atom. The summed E-state index contributed by atoms with van der Waals surface area (Å²) >= 11 is 0. The molecule has 0 radical (unpaired) electrons.